The maximum absolute atomic E-state index is 13.9. The first-order chi connectivity index (χ1) is 14.1. The van der Waals surface area contributed by atoms with Crippen molar-refractivity contribution in [3.05, 3.63) is 87.6 Å². The van der Waals surface area contributed by atoms with Crippen molar-refractivity contribution in [3.8, 4) is 11.5 Å². The van der Waals surface area contributed by atoms with Crippen LogP contribution in [0.15, 0.2) is 65.1 Å². The number of halogens is 2. The van der Waals surface area contributed by atoms with E-state index in [1.54, 1.807) is 18.2 Å². The van der Waals surface area contributed by atoms with Crippen LogP contribution in [0.1, 0.15) is 30.5 Å². The Balaban J connectivity index is 1.73. The number of hydrogen-bond acceptors (Lipinski definition) is 3. The zero-order valence-corrected chi connectivity index (χ0v) is 18.3. The van der Waals surface area contributed by atoms with Crippen molar-refractivity contribution in [2.75, 3.05) is 11.9 Å². The molecule has 3 nitrogen and oxygen atoms in total. The van der Waals surface area contributed by atoms with Gasteiger partial charge in [0, 0.05) is 17.8 Å². The second-order valence-electron chi connectivity index (χ2n) is 6.62. The number of nitrogens with one attached hydrogen (secondary N) is 1. The molecule has 29 heavy (non-hydrogen) atoms. The smallest absolute Gasteiger partial charge is 0.175 e. The summed E-state index contributed by atoms with van der Waals surface area (Å²) in [6.45, 7) is 5.36. The van der Waals surface area contributed by atoms with Gasteiger partial charge in [0.1, 0.15) is 12.4 Å². The van der Waals surface area contributed by atoms with E-state index < -0.39 is 0 Å². The number of anilines is 1. The molecular weight excluding hydrogens is 433 g/mol. The highest BCUT2D eigenvalue weighted by atomic mass is 79.9. The normalized spacial score (nSPS) is 10.6. The molecule has 0 saturated heterocycles. The average molecular weight is 458 g/mol. The van der Waals surface area contributed by atoms with Gasteiger partial charge in [-0.25, -0.2) is 4.39 Å². The second-order valence-corrected chi connectivity index (χ2v) is 7.48. The van der Waals surface area contributed by atoms with Gasteiger partial charge in [0.2, 0.25) is 0 Å². The van der Waals surface area contributed by atoms with Crippen molar-refractivity contribution < 1.29 is 13.9 Å². The molecule has 152 valence electrons. The van der Waals surface area contributed by atoms with Gasteiger partial charge in [-0.2, -0.15) is 0 Å². The lowest BCUT2D eigenvalue weighted by atomic mass is 10.1. The number of hydrogen-bond donors (Lipinski definition) is 1. The summed E-state index contributed by atoms with van der Waals surface area (Å²) in [5, 5.41) is 3.43. The first-order valence-electron chi connectivity index (χ1n) is 9.75. The molecule has 0 aliphatic rings. The third kappa shape index (κ3) is 5.73. The van der Waals surface area contributed by atoms with Crippen molar-refractivity contribution in [1.29, 1.82) is 0 Å². The topological polar surface area (TPSA) is 30.5 Å². The number of ether oxygens (including phenoxy) is 2. The van der Waals surface area contributed by atoms with Gasteiger partial charge in [0.05, 0.1) is 11.1 Å². The van der Waals surface area contributed by atoms with E-state index in [0.717, 1.165) is 22.1 Å². The van der Waals surface area contributed by atoms with Crippen LogP contribution in [0, 0.1) is 5.82 Å². The van der Waals surface area contributed by atoms with Gasteiger partial charge in [-0.05, 0) is 70.7 Å². The average Bonchev–Trinajstić information content (AvgIpc) is 2.73. The Morgan fingerprint density at radius 2 is 1.69 bits per heavy atom. The summed E-state index contributed by atoms with van der Waals surface area (Å²) in [4.78, 5) is 0. The third-order valence-corrected chi connectivity index (χ3v) is 5.15. The van der Waals surface area contributed by atoms with E-state index in [-0.39, 0.29) is 12.4 Å². The SMILES string of the molecule is CCOc1cc(CNc2ccc(CC)cc2)cc(Br)c1OCc1ccccc1F. The fourth-order valence-electron chi connectivity index (χ4n) is 2.95. The minimum atomic E-state index is -0.281. The van der Waals surface area contributed by atoms with Crippen LogP contribution in [0.25, 0.3) is 0 Å². The molecule has 3 aromatic rings. The molecule has 1 N–H and O–H groups in total. The monoisotopic (exact) mass is 457 g/mol. The summed E-state index contributed by atoms with van der Waals surface area (Å²) < 4.78 is 26.3. The van der Waals surface area contributed by atoms with Crippen molar-refractivity contribution in [1.82, 2.24) is 0 Å². The summed E-state index contributed by atoms with van der Waals surface area (Å²) in [5.41, 5.74) is 3.94. The summed E-state index contributed by atoms with van der Waals surface area (Å²) in [7, 11) is 0. The summed E-state index contributed by atoms with van der Waals surface area (Å²) in [6, 6.07) is 19.0. The van der Waals surface area contributed by atoms with Crippen molar-refractivity contribution in [2.24, 2.45) is 0 Å². The van der Waals surface area contributed by atoms with E-state index >= 15 is 0 Å². The lowest BCUT2D eigenvalue weighted by Gasteiger charge is -2.16. The molecule has 0 spiro atoms. The van der Waals surface area contributed by atoms with Crippen LogP contribution in [0.5, 0.6) is 11.5 Å². The van der Waals surface area contributed by atoms with Crippen LogP contribution >= 0.6 is 15.9 Å². The number of benzene rings is 3. The molecule has 0 heterocycles. The molecule has 5 heteroatoms. The van der Waals surface area contributed by atoms with Crippen molar-refractivity contribution >= 4 is 21.6 Å². The van der Waals surface area contributed by atoms with Crippen LogP contribution < -0.4 is 14.8 Å². The minimum Gasteiger partial charge on any atom is -0.490 e. The first kappa shape index (κ1) is 21.2. The molecular formula is C24H25BrFNO2. The molecule has 0 atom stereocenters. The molecule has 0 bridgehead atoms. The van der Waals surface area contributed by atoms with Crippen molar-refractivity contribution in [3.63, 3.8) is 0 Å². The highest BCUT2D eigenvalue weighted by Gasteiger charge is 2.13. The van der Waals surface area contributed by atoms with Crippen LogP contribution in [0.3, 0.4) is 0 Å². The Hall–Kier alpha value is -2.53. The Morgan fingerprint density at radius 1 is 0.931 bits per heavy atom. The maximum atomic E-state index is 13.9. The predicted octanol–water partition coefficient (Wildman–Crippen LogP) is 6.74. The van der Waals surface area contributed by atoms with Gasteiger partial charge >= 0.3 is 0 Å². The second kappa shape index (κ2) is 10.3. The highest BCUT2D eigenvalue weighted by Crippen LogP contribution is 2.37. The van der Waals surface area contributed by atoms with Crippen LogP contribution in [0.4, 0.5) is 10.1 Å². The quantitative estimate of drug-likeness (QED) is 0.385. The lowest BCUT2D eigenvalue weighted by molar-refractivity contribution is 0.264. The largest absolute Gasteiger partial charge is 0.490 e. The van der Waals surface area contributed by atoms with Gasteiger partial charge in [-0.3, -0.25) is 0 Å². The molecule has 0 saturated carbocycles. The summed E-state index contributed by atoms with van der Waals surface area (Å²) in [6.07, 6.45) is 1.03. The van der Waals surface area contributed by atoms with Crippen LogP contribution in [-0.4, -0.2) is 6.61 Å². The third-order valence-electron chi connectivity index (χ3n) is 4.56. The molecule has 0 unspecified atom stereocenters. The highest BCUT2D eigenvalue weighted by molar-refractivity contribution is 9.10. The molecule has 0 aliphatic heterocycles. The van der Waals surface area contributed by atoms with Gasteiger partial charge in [0.25, 0.3) is 0 Å². The van der Waals surface area contributed by atoms with E-state index in [1.807, 2.05) is 19.1 Å². The standard InChI is InChI=1S/C24H25BrFNO2/c1-3-17-9-11-20(12-10-17)27-15-18-13-21(25)24(23(14-18)28-4-2)29-16-19-7-5-6-8-22(19)26/h5-14,27H,3-4,15-16H2,1-2H3. The van der Waals surface area contributed by atoms with E-state index in [0.29, 0.717) is 30.2 Å². The van der Waals surface area contributed by atoms with E-state index in [9.17, 15) is 4.39 Å². The lowest BCUT2D eigenvalue weighted by Crippen LogP contribution is -2.04. The Labute approximate surface area is 180 Å². The summed E-state index contributed by atoms with van der Waals surface area (Å²) in [5.74, 6) is 0.930. The molecule has 3 aromatic carbocycles. The predicted molar refractivity (Wildman–Crippen MR) is 119 cm³/mol. The van der Waals surface area contributed by atoms with Crippen LogP contribution in [0.2, 0.25) is 0 Å². The maximum Gasteiger partial charge on any atom is 0.175 e. The van der Waals surface area contributed by atoms with E-state index in [2.05, 4.69) is 52.4 Å². The van der Waals surface area contributed by atoms with Gasteiger partial charge < -0.3 is 14.8 Å². The molecule has 0 fully saturated rings. The molecule has 0 amide bonds. The van der Waals surface area contributed by atoms with E-state index in [1.165, 1.54) is 11.6 Å². The Bertz CT molecular complexity index is 944. The van der Waals surface area contributed by atoms with Crippen molar-refractivity contribution in [2.45, 2.75) is 33.4 Å². The fourth-order valence-corrected chi connectivity index (χ4v) is 3.56. The zero-order valence-electron chi connectivity index (χ0n) is 16.7. The molecule has 0 aromatic heterocycles. The molecule has 0 aliphatic carbocycles. The molecule has 0 radical (unpaired) electrons. The van der Waals surface area contributed by atoms with Gasteiger partial charge in [0.15, 0.2) is 11.5 Å². The fraction of sp³-hybridized carbons (Fsp3) is 0.250. The summed E-state index contributed by atoms with van der Waals surface area (Å²) >= 11 is 3.58. The number of aryl methyl sites for hydroxylation is 1. The first-order valence-corrected chi connectivity index (χ1v) is 10.5. The Kier molecular flexibility index (Phi) is 7.53. The molecule has 3 rings (SSSR count). The van der Waals surface area contributed by atoms with Crippen LogP contribution in [-0.2, 0) is 19.6 Å². The Morgan fingerprint density at radius 3 is 2.38 bits per heavy atom. The zero-order chi connectivity index (χ0) is 20.6. The minimum absolute atomic E-state index is 0.132. The van der Waals surface area contributed by atoms with Gasteiger partial charge in [-0.15, -0.1) is 0 Å². The number of rotatable bonds is 9. The van der Waals surface area contributed by atoms with Gasteiger partial charge in [-0.1, -0.05) is 37.3 Å². The van der Waals surface area contributed by atoms with E-state index in [4.69, 9.17) is 9.47 Å².